The van der Waals surface area contributed by atoms with Crippen LogP contribution in [0.2, 0.25) is 0 Å². The first-order valence-electron chi connectivity index (χ1n) is 4.22. The molecule has 1 amide bonds. The number of nitrogens with zero attached hydrogens (tertiary/aromatic N) is 1. The monoisotopic (exact) mass is 168 g/mol. The molecule has 1 atom stereocenters. The number of nitriles is 1. The Kier molecular flexibility index (Phi) is 5.11. The average Bonchev–Trinajstić information content (AvgIpc) is 1.84. The van der Waals surface area contributed by atoms with Crippen molar-refractivity contribution in [3.63, 3.8) is 0 Å². The van der Waals surface area contributed by atoms with Gasteiger partial charge in [-0.1, -0.05) is 13.8 Å². The van der Waals surface area contributed by atoms with Crippen molar-refractivity contribution in [2.24, 2.45) is 5.92 Å². The van der Waals surface area contributed by atoms with Crippen LogP contribution in [0.5, 0.6) is 0 Å². The highest BCUT2D eigenvalue weighted by Crippen LogP contribution is 2.03. The third kappa shape index (κ3) is 5.72. The SMILES string of the molecule is CC(C)CC(C)NC(=O)CC#N. The van der Waals surface area contributed by atoms with Gasteiger partial charge in [0.25, 0.3) is 0 Å². The maximum absolute atomic E-state index is 10.9. The van der Waals surface area contributed by atoms with E-state index in [9.17, 15) is 4.79 Å². The molecule has 0 aromatic carbocycles. The van der Waals surface area contributed by atoms with Gasteiger partial charge in [-0.2, -0.15) is 5.26 Å². The highest BCUT2D eigenvalue weighted by molar-refractivity contribution is 5.78. The van der Waals surface area contributed by atoms with Gasteiger partial charge < -0.3 is 5.32 Å². The summed E-state index contributed by atoms with van der Waals surface area (Å²) in [5.41, 5.74) is 0. The molecule has 0 saturated carbocycles. The van der Waals surface area contributed by atoms with Crippen LogP contribution in [0.1, 0.15) is 33.6 Å². The summed E-state index contributed by atoms with van der Waals surface area (Å²) in [6, 6.07) is 1.99. The number of hydrogen-bond acceptors (Lipinski definition) is 2. The van der Waals surface area contributed by atoms with Crippen LogP contribution < -0.4 is 5.32 Å². The van der Waals surface area contributed by atoms with Crippen molar-refractivity contribution in [2.45, 2.75) is 39.7 Å². The van der Waals surface area contributed by atoms with Crippen molar-refractivity contribution in [1.82, 2.24) is 5.32 Å². The molecular weight excluding hydrogens is 152 g/mol. The third-order valence-electron chi connectivity index (χ3n) is 1.47. The van der Waals surface area contributed by atoms with Gasteiger partial charge in [0.1, 0.15) is 6.42 Å². The van der Waals surface area contributed by atoms with Crippen LogP contribution >= 0.6 is 0 Å². The van der Waals surface area contributed by atoms with Gasteiger partial charge >= 0.3 is 0 Å². The lowest BCUT2D eigenvalue weighted by atomic mass is 10.1. The number of hydrogen-bond donors (Lipinski definition) is 1. The second-order valence-electron chi connectivity index (χ2n) is 3.43. The van der Waals surface area contributed by atoms with Crippen LogP contribution in [-0.2, 0) is 4.79 Å². The molecule has 1 N–H and O–H groups in total. The fourth-order valence-corrected chi connectivity index (χ4v) is 1.16. The molecule has 12 heavy (non-hydrogen) atoms. The summed E-state index contributed by atoms with van der Waals surface area (Å²) < 4.78 is 0. The minimum atomic E-state index is -0.175. The summed E-state index contributed by atoms with van der Waals surface area (Å²) in [5, 5.41) is 11.0. The van der Waals surface area contributed by atoms with Crippen molar-refractivity contribution < 1.29 is 4.79 Å². The number of amides is 1. The Morgan fingerprint density at radius 2 is 2.08 bits per heavy atom. The molecule has 0 aromatic rings. The largest absolute Gasteiger partial charge is 0.353 e. The second-order valence-corrected chi connectivity index (χ2v) is 3.43. The molecule has 0 fully saturated rings. The van der Waals surface area contributed by atoms with Crippen LogP contribution in [0, 0.1) is 17.2 Å². The zero-order chi connectivity index (χ0) is 9.56. The second kappa shape index (κ2) is 5.59. The number of rotatable bonds is 4. The van der Waals surface area contributed by atoms with Crippen LogP contribution in [0.25, 0.3) is 0 Å². The van der Waals surface area contributed by atoms with Crippen molar-refractivity contribution in [2.75, 3.05) is 0 Å². The summed E-state index contributed by atoms with van der Waals surface area (Å²) in [6.45, 7) is 6.16. The average molecular weight is 168 g/mol. The molecule has 0 radical (unpaired) electrons. The Labute approximate surface area is 73.8 Å². The van der Waals surface area contributed by atoms with Gasteiger partial charge in [0.2, 0.25) is 5.91 Å². The minimum Gasteiger partial charge on any atom is -0.353 e. The van der Waals surface area contributed by atoms with E-state index in [4.69, 9.17) is 5.26 Å². The van der Waals surface area contributed by atoms with Crippen LogP contribution in [-0.4, -0.2) is 11.9 Å². The molecule has 68 valence electrons. The van der Waals surface area contributed by atoms with Crippen LogP contribution in [0.4, 0.5) is 0 Å². The molecule has 0 aromatic heterocycles. The molecule has 3 heteroatoms. The maximum atomic E-state index is 10.9. The van der Waals surface area contributed by atoms with Gasteiger partial charge in [0.15, 0.2) is 0 Å². The summed E-state index contributed by atoms with van der Waals surface area (Å²) in [4.78, 5) is 10.9. The van der Waals surface area contributed by atoms with E-state index < -0.39 is 0 Å². The van der Waals surface area contributed by atoms with Gasteiger partial charge in [-0.25, -0.2) is 0 Å². The lowest BCUT2D eigenvalue weighted by Crippen LogP contribution is -2.32. The first-order valence-corrected chi connectivity index (χ1v) is 4.22. The third-order valence-corrected chi connectivity index (χ3v) is 1.47. The predicted molar refractivity (Wildman–Crippen MR) is 47.3 cm³/mol. The van der Waals surface area contributed by atoms with Gasteiger partial charge in [-0.05, 0) is 19.3 Å². The van der Waals surface area contributed by atoms with Crippen molar-refractivity contribution >= 4 is 5.91 Å². The smallest absolute Gasteiger partial charge is 0.234 e. The van der Waals surface area contributed by atoms with Gasteiger partial charge in [-0.15, -0.1) is 0 Å². The summed E-state index contributed by atoms with van der Waals surface area (Å²) >= 11 is 0. The van der Waals surface area contributed by atoms with Crippen LogP contribution in [0.15, 0.2) is 0 Å². The molecule has 1 unspecified atom stereocenters. The standard InChI is InChI=1S/C9H16N2O/c1-7(2)6-8(3)11-9(12)4-5-10/h7-8H,4,6H2,1-3H3,(H,11,12). The van der Waals surface area contributed by atoms with E-state index in [1.807, 2.05) is 13.0 Å². The molecule has 0 aliphatic heterocycles. The van der Waals surface area contributed by atoms with E-state index in [-0.39, 0.29) is 18.4 Å². The molecule has 0 spiro atoms. The van der Waals surface area contributed by atoms with E-state index in [1.165, 1.54) is 0 Å². The van der Waals surface area contributed by atoms with Crippen molar-refractivity contribution in [3.05, 3.63) is 0 Å². The fraction of sp³-hybridized carbons (Fsp3) is 0.778. The molecule has 0 heterocycles. The van der Waals surface area contributed by atoms with Gasteiger partial charge in [0.05, 0.1) is 6.07 Å². The Balaban J connectivity index is 3.63. The molecule has 3 nitrogen and oxygen atoms in total. The number of carbonyl (C=O) groups is 1. The summed E-state index contributed by atoms with van der Waals surface area (Å²) in [7, 11) is 0. The molecule has 0 bridgehead atoms. The molecule has 0 rings (SSSR count). The van der Waals surface area contributed by atoms with Gasteiger partial charge in [0, 0.05) is 6.04 Å². The lowest BCUT2D eigenvalue weighted by molar-refractivity contribution is -0.120. The zero-order valence-electron chi connectivity index (χ0n) is 7.92. The van der Waals surface area contributed by atoms with E-state index in [2.05, 4.69) is 19.2 Å². The normalized spacial score (nSPS) is 12.2. The number of nitrogens with one attached hydrogen (secondary N) is 1. The fourth-order valence-electron chi connectivity index (χ4n) is 1.16. The maximum Gasteiger partial charge on any atom is 0.234 e. The van der Waals surface area contributed by atoms with E-state index in [0.717, 1.165) is 6.42 Å². The molecular formula is C9H16N2O. The molecule has 0 aliphatic carbocycles. The first kappa shape index (κ1) is 11.0. The van der Waals surface area contributed by atoms with Crippen LogP contribution in [0.3, 0.4) is 0 Å². The van der Waals surface area contributed by atoms with E-state index in [1.54, 1.807) is 0 Å². The minimum absolute atomic E-state index is 0.0393. The van der Waals surface area contributed by atoms with Crippen molar-refractivity contribution in [3.8, 4) is 6.07 Å². The predicted octanol–water partition coefficient (Wildman–Crippen LogP) is 1.45. The Bertz CT molecular complexity index is 181. The summed E-state index contributed by atoms with van der Waals surface area (Å²) in [6.07, 6.45) is 0.916. The summed E-state index contributed by atoms with van der Waals surface area (Å²) in [5.74, 6) is 0.396. The highest BCUT2D eigenvalue weighted by Gasteiger charge is 2.07. The lowest BCUT2D eigenvalue weighted by Gasteiger charge is -2.14. The Morgan fingerprint density at radius 3 is 2.50 bits per heavy atom. The quantitative estimate of drug-likeness (QED) is 0.690. The van der Waals surface area contributed by atoms with Gasteiger partial charge in [-0.3, -0.25) is 4.79 Å². The topological polar surface area (TPSA) is 52.9 Å². The Morgan fingerprint density at radius 1 is 1.50 bits per heavy atom. The molecule has 0 saturated heterocycles. The van der Waals surface area contributed by atoms with Crippen molar-refractivity contribution in [1.29, 1.82) is 5.26 Å². The van der Waals surface area contributed by atoms with E-state index in [0.29, 0.717) is 5.92 Å². The van der Waals surface area contributed by atoms with E-state index >= 15 is 0 Å². The number of carbonyl (C=O) groups excluding carboxylic acids is 1. The zero-order valence-corrected chi connectivity index (χ0v) is 7.92. The highest BCUT2D eigenvalue weighted by atomic mass is 16.1. The molecule has 0 aliphatic rings. The first-order chi connectivity index (χ1) is 5.56. The Hall–Kier alpha value is -1.04.